The summed E-state index contributed by atoms with van der Waals surface area (Å²) in [7, 11) is 3.26. The molecule has 3 aliphatic carbocycles. The quantitative estimate of drug-likeness (QED) is 0.447. The highest BCUT2D eigenvalue weighted by Gasteiger charge is 2.82. The second kappa shape index (κ2) is 6.76. The van der Waals surface area contributed by atoms with Crippen molar-refractivity contribution in [2.24, 2.45) is 10.8 Å². The summed E-state index contributed by atoms with van der Waals surface area (Å²) in [4.78, 5) is 31.3. The molecule has 37 heavy (non-hydrogen) atoms. The first-order chi connectivity index (χ1) is 17.5. The van der Waals surface area contributed by atoms with E-state index in [1.165, 1.54) is 0 Å². The van der Waals surface area contributed by atoms with E-state index in [1.807, 2.05) is 33.8 Å². The van der Waals surface area contributed by atoms with Gasteiger partial charge in [-0.2, -0.15) is 0 Å². The summed E-state index contributed by atoms with van der Waals surface area (Å²) in [6.45, 7) is 7.74. The minimum absolute atomic E-state index is 0.312. The van der Waals surface area contributed by atoms with Crippen LogP contribution in [-0.4, -0.2) is 48.4 Å². The number of fused-ring (bicyclic) bond motifs is 4. The van der Waals surface area contributed by atoms with E-state index in [0.29, 0.717) is 30.9 Å². The van der Waals surface area contributed by atoms with Gasteiger partial charge in [0.1, 0.15) is 17.5 Å². The van der Waals surface area contributed by atoms with Crippen molar-refractivity contribution in [3.8, 4) is 11.6 Å². The number of aromatic nitrogens is 1. The average Bonchev–Trinajstić information content (AvgIpc) is 3.34. The predicted molar refractivity (Wildman–Crippen MR) is 132 cm³/mol. The van der Waals surface area contributed by atoms with E-state index in [1.54, 1.807) is 14.2 Å². The van der Waals surface area contributed by atoms with Gasteiger partial charge >= 0.3 is 11.9 Å². The fourth-order valence-electron chi connectivity index (χ4n) is 8.15. The van der Waals surface area contributed by atoms with Gasteiger partial charge < -0.3 is 23.7 Å². The normalized spacial score (nSPS) is 38.0. The number of esters is 2. The third-order valence-electron chi connectivity index (χ3n) is 10.7. The van der Waals surface area contributed by atoms with Gasteiger partial charge in [0, 0.05) is 16.7 Å². The zero-order chi connectivity index (χ0) is 26.2. The number of hydrogen-bond donors (Lipinski definition) is 0. The molecule has 2 aromatic rings. The molecule has 2 aliphatic heterocycles. The number of pyridine rings is 1. The van der Waals surface area contributed by atoms with Crippen LogP contribution in [0.4, 0.5) is 0 Å². The number of carbonyl (C=O) groups excluding carboxylic acids is 2. The predicted octanol–water partition coefficient (Wildman–Crippen LogP) is 4.30. The van der Waals surface area contributed by atoms with E-state index in [0.717, 1.165) is 46.9 Å². The molecule has 7 rings (SSSR count). The Bertz CT molecular complexity index is 1420. The lowest BCUT2D eigenvalue weighted by Crippen LogP contribution is -2.51. The van der Waals surface area contributed by atoms with Crippen LogP contribution in [0.25, 0.3) is 10.8 Å². The smallest absolute Gasteiger partial charge is 0.351 e. The Hall–Kier alpha value is -2.87. The summed E-state index contributed by atoms with van der Waals surface area (Å²) in [6.07, 6.45) is 3.75. The molecule has 1 aromatic heterocycles. The average molecular weight is 508 g/mol. The van der Waals surface area contributed by atoms with Crippen molar-refractivity contribution < 1.29 is 33.3 Å². The molecule has 8 nitrogen and oxygen atoms in total. The fraction of sp³-hybridized carbons (Fsp3) is 0.621. The summed E-state index contributed by atoms with van der Waals surface area (Å²) >= 11 is 0. The summed E-state index contributed by atoms with van der Waals surface area (Å²) in [6, 6.07) is 4.21. The van der Waals surface area contributed by atoms with Crippen LogP contribution in [0, 0.1) is 17.8 Å². The lowest BCUT2D eigenvalue weighted by atomic mass is 9.66. The number of ether oxygens (including phenoxy) is 5. The largest absolute Gasteiger partial charge is 0.495 e. The van der Waals surface area contributed by atoms with Crippen LogP contribution in [0.5, 0.6) is 11.6 Å². The molecule has 0 unspecified atom stereocenters. The zero-order valence-electron chi connectivity index (χ0n) is 22.3. The highest BCUT2D eigenvalue weighted by atomic mass is 16.7. The molecule has 8 heteroatoms. The van der Waals surface area contributed by atoms with Gasteiger partial charge in [-0.05, 0) is 69.4 Å². The van der Waals surface area contributed by atoms with Crippen LogP contribution in [0.3, 0.4) is 0 Å². The number of nitrogens with zero attached hydrogens (tertiary/aromatic N) is 1. The molecular formula is C29H33NO7. The van der Waals surface area contributed by atoms with Gasteiger partial charge in [0.05, 0.1) is 25.0 Å². The first-order valence-electron chi connectivity index (χ1n) is 13.2. The zero-order valence-corrected chi connectivity index (χ0v) is 22.3. The highest BCUT2D eigenvalue weighted by Crippen LogP contribution is 2.73. The van der Waals surface area contributed by atoms with Gasteiger partial charge in [-0.15, -0.1) is 0 Å². The first-order valence-corrected chi connectivity index (χ1v) is 13.2. The minimum atomic E-state index is -1.27. The van der Waals surface area contributed by atoms with Crippen LogP contribution in [0.1, 0.15) is 69.7 Å². The molecule has 5 aliphatic rings. The third-order valence-corrected chi connectivity index (χ3v) is 10.7. The van der Waals surface area contributed by atoms with Crippen molar-refractivity contribution >= 4 is 22.7 Å². The van der Waals surface area contributed by atoms with Crippen molar-refractivity contribution in [1.29, 1.82) is 0 Å². The standard InChI is InChI=1S/C29H33NO7/c1-15-13-17-14-16-7-9-27-10-8-18(29(27,37-27)20(16)21(33-5)19(17)22(30-15)34-6)35-24(32)28-12-11-26(4,23(31)36-28)25(28,2)3/h13-14,18H,7-12H2,1-6H3/t18-,26-,27-,28+,29-/m0/s1. The Morgan fingerprint density at radius 1 is 1.08 bits per heavy atom. The lowest BCUT2D eigenvalue weighted by Gasteiger charge is -2.36. The number of methoxy groups -OCH3 is 2. The second-order valence-electron chi connectivity index (χ2n) is 12.3. The van der Waals surface area contributed by atoms with E-state index in [2.05, 4.69) is 11.1 Å². The summed E-state index contributed by atoms with van der Waals surface area (Å²) in [5.41, 5.74) is -0.885. The Balaban J connectivity index is 1.34. The molecule has 2 saturated carbocycles. The minimum Gasteiger partial charge on any atom is -0.495 e. The van der Waals surface area contributed by atoms with Gasteiger partial charge in [0.25, 0.3) is 0 Å². The Morgan fingerprint density at radius 2 is 1.86 bits per heavy atom. The highest BCUT2D eigenvalue weighted by molar-refractivity contribution is 5.96. The fourth-order valence-corrected chi connectivity index (χ4v) is 8.15. The van der Waals surface area contributed by atoms with Crippen molar-refractivity contribution in [3.63, 3.8) is 0 Å². The number of carbonyl (C=O) groups is 2. The summed E-state index contributed by atoms with van der Waals surface area (Å²) in [5.74, 6) is 0.395. The van der Waals surface area contributed by atoms with Crippen LogP contribution in [0.15, 0.2) is 12.1 Å². The molecule has 4 fully saturated rings. The van der Waals surface area contributed by atoms with Gasteiger partial charge in [-0.1, -0.05) is 19.9 Å². The van der Waals surface area contributed by atoms with Gasteiger partial charge in [0.15, 0.2) is 5.60 Å². The Labute approximate surface area is 215 Å². The number of aryl methyl sites for hydroxylation is 2. The van der Waals surface area contributed by atoms with Crippen molar-refractivity contribution in [1.82, 2.24) is 4.98 Å². The van der Waals surface area contributed by atoms with Crippen molar-refractivity contribution in [2.75, 3.05) is 14.2 Å². The molecule has 0 spiro atoms. The molecule has 1 aromatic carbocycles. The van der Waals surface area contributed by atoms with Crippen LogP contribution >= 0.6 is 0 Å². The van der Waals surface area contributed by atoms with Crippen molar-refractivity contribution in [3.05, 3.63) is 29.0 Å². The van der Waals surface area contributed by atoms with Crippen molar-refractivity contribution in [2.45, 2.75) is 89.1 Å². The van der Waals surface area contributed by atoms with Crippen LogP contribution in [0.2, 0.25) is 0 Å². The van der Waals surface area contributed by atoms with E-state index in [9.17, 15) is 9.59 Å². The molecule has 0 N–H and O–H groups in total. The molecule has 0 amide bonds. The number of benzene rings is 1. The molecule has 5 atom stereocenters. The van der Waals surface area contributed by atoms with Gasteiger partial charge in [0.2, 0.25) is 11.5 Å². The SMILES string of the molecule is COc1nc(C)cc2cc3c(c(OC)c12)[C@]12O[C@@]1(CC3)CC[C@@H]2OC(=O)[C@@]12CC[C@@](C)(C(=O)O1)C2(C)C. The molecule has 2 saturated heterocycles. The summed E-state index contributed by atoms with van der Waals surface area (Å²) < 4.78 is 30.5. The lowest BCUT2D eigenvalue weighted by molar-refractivity contribution is -0.190. The molecule has 2 bridgehead atoms. The first kappa shape index (κ1) is 23.3. The third kappa shape index (κ3) is 2.38. The number of epoxide rings is 1. The van der Waals surface area contributed by atoms with E-state index in [4.69, 9.17) is 23.7 Å². The van der Waals surface area contributed by atoms with Gasteiger partial charge in [-0.3, -0.25) is 4.79 Å². The second-order valence-corrected chi connectivity index (χ2v) is 12.3. The van der Waals surface area contributed by atoms with E-state index < -0.39 is 34.1 Å². The van der Waals surface area contributed by atoms with Gasteiger partial charge in [-0.25, -0.2) is 9.78 Å². The number of hydrogen-bond acceptors (Lipinski definition) is 8. The maximum atomic E-state index is 13.9. The monoisotopic (exact) mass is 507 g/mol. The molecule has 196 valence electrons. The van der Waals surface area contributed by atoms with E-state index in [-0.39, 0.29) is 11.6 Å². The topological polar surface area (TPSA) is 96.5 Å². The van der Waals surface area contributed by atoms with E-state index >= 15 is 0 Å². The maximum absolute atomic E-state index is 13.9. The molecule has 3 heterocycles. The Kier molecular flexibility index (Phi) is 4.25. The molecule has 0 radical (unpaired) electrons. The van der Waals surface area contributed by atoms with Crippen LogP contribution < -0.4 is 9.47 Å². The Morgan fingerprint density at radius 3 is 2.51 bits per heavy atom. The summed E-state index contributed by atoms with van der Waals surface area (Å²) in [5, 5.41) is 1.79. The maximum Gasteiger partial charge on any atom is 0.351 e. The van der Waals surface area contributed by atoms with Crippen LogP contribution in [-0.2, 0) is 35.8 Å². The number of rotatable bonds is 4. The molecular weight excluding hydrogens is 474 g/mol.